The van der Waals surface area contributed by atoms with Gasteiger partial charge in [-0.1, -0.05) is 6.07 Å². The fourth-order valence-corrected chi connectivity index (χ4v) is 3.01. The van der Waals surface area contributed by atoms with E-state index < -0.39 is 27.5 Å². The number of hydrogen-bond donors (Lipinski definition) is 2. The zero-order valence-electron chi connectivity index (χ0n) is 9.93. The molecule has 0 saturated carbocycles. The van der Waals surface area contributed by atoms with Crippen LogP contribution in [0.15, 0.2) is 23.1 Å². The second-order valence-electron chi connectivity index (χ2n) is 3.67. The maximum Gasteiger partial charge on any atom is 0.335 e. The Labute approximate surface area is 105 Å². The van der Waals surface area contributed by atoms with Crippen molar-refractivity contribution in [2.24, 2.45) is 0 Å². The molecule has 1 rings (SSSR count). The number of rotatable bonds is 4. The number of hydrogen-bond acceptors (Lipinski definition) is 4. The summed E-state index contributed by atoms with van der Waals surface area (Å²) in [5.41, 5.74) is 0.0434. The number of sulfone groups is 1. The molecular weight excluding hydrogens is 258 g/mol. The summed E-state index contributed by atoms with van der Waals surface area (Å²) >= 11 is 0. The Morgan fingerprint density at radius 3 is 2.44 bits per heavy atom. The molecule has 0 fully saturated rings. The third-order valence-electron chi connectivity index (χ3n) is 2.45. The summed E-state index contributed by atoms with van der Waals surface area (Å²) in [6, 6.07) is 3.95. The topological polar surface area (TPSA) is 101 Å². The SMILES string of the molecule is CNC(=O)CS(=O)(=O)c1cccc(C(=O)O)c1C. The monoisotopic (exact) mass is 271 g/mol. The van der Waals surface area contributed by atoms with Gasteiger partial charge in [0.15, 0.2) is 9.84 Å². The minimum atomic E-state index is -3.83. The first-order valence-corrected chi connectivity index (χ1v) is 6.71. The van der Waals surface area contributed by atoms with E-state index in [0.717, 1.165) is 0 Å². The second kappa shape index (κ2) is 5.18. The minimum absolute atomic E-state index is 0.0898. The van der Waals surface area contributed by atoms with Crippen molar-refractivity contribution in [3.05, 3.63) is 29.3 Å². The maximum absolute atomic E-state index is 11.9. The van der Waals surface area contributed by atoms with E-state index in [4.69, 9.17) is 5.11 Å². The highest BCUT2D eigenvalue weighted by atomic mass is 32.2. The summed E-state index contributed by atoms with van der Waals surface area (Å²) in [5.74, 6) is -2.55. The van der Waals surface area contributed by atoms with Crippen molar-refractivity contribution in [2.75, 3.05) is 12.8 Å². The molecule has 0 aliphatic carbocycles. The van der Waals surface area contributed by atoms with Gasteiger partial charge in [0.1, 0.15) is 5.75 Å². The molecule has 1 amide bonds. The zero-order chi connectivity index (χ0) is 13.9. The number of carboxylic acid groups (broad SMARTS) is 1. The van der Waals surface area contributed by atoms with Crippen LogP contribution in [-0.4, -0.2) is 38.2 Å². The Hall–Kier alpha value is -1.89. The lowest BCUT2D eigenvalue weighted by molar-refractivity contribution is -0.118. The molecule has 1 aromatic carbocycles. The standard InChI is InChI=1S/C11H13NO5S/c1-7-8(11(14)15)4-3-5-9(7)18(16,17)6-10(13)12-2/h3-5H,6H2,1-2H3,(H,12,13)(H,14,15). The predicted molar refractivity (Wildman–Crippen MR) is 64.3 cm³/mol. The molecule has 7 heteroatoms. The first-order chi connectivity index (χ1) is 8.29. The Balaban J connectivity index is 3.30. The van der Waals surface area contributed by atoms with Gasteiger partial charge in [-0.15, -0.1) is 0 Å². The molecular formula is C11H13NO5S. The van der Waals surface area contributed by atoms with Gasteiger partial charge in [-0.05, 0) is 24.6 Å². The first-order valence-electron chi connectivity index (χ1n) is 5.06. The van der Waals surface area contributed by atoms with Crippen LogP contribution >= 0.6 is 0 Å². The number of carbonyl (C=O) groups is 2. The minimum Gasteiger partial charge on any atom is -0.478 e. The fourth-order valence-electron chi connectivity index (χ4n) is 1.51. The van der Waals surface area contributed by atoms with Gasteiger partial charge in [-0.3, -0.25) is 4.79 Å². The van der Waals surface area contributed by atoms with Crippen molar-refractivity contribution >= 4 is 21.7 Å². The Morgan fingerprint density at radius 2 is 1.94 bits per heavy atom. The van der Waals surface area contributed by atoms with Gasteiger partial charge in [0.2, 0.25) is 5.91 Å². The zero-order valence-corrected chi connectivity index (χ0v) is 10.7. The van der Waals surface area contributed by atoms with Gasteiger partial charge in [0.05, 0.1) is 10.5 Å². The van der Waals surface area contributed by atoms with E-state index in [2.05, 4.69) is 5.32 Å². The molecule has 0 atom stereocenters. The van der Waals surface area contributed by atoms with E-state index in [-0.39, 0.29) is 16.0 Å². The third-order valence-corrected chi connectivity index (χ3v) is 4.20. The molecule has 0 aromatic heterocycles. The van der Waals surface area contributed by atoms with Gasteiger partial charge in [0, 0.05) is 7.05 Å². The summed E-state index contributed by atoms with van der Waals surface area (Å²) in [6.07, 6.45) is 0. The van der Waals surface area contributed by atoms with Crippen LogP contribution in [0.5, 0.6) is 0 Å². The van der Waals surface area contributed by atoms with Crippen LogP contribution in [0.25, 0.3) is 0 Å². The summed E-state index contributed by atoms with van der Waals surface area (Å²) in [5, 5.41) is 11.1. The quantitative estimate of drug-likeness (QED) is 0.815. The molecule has 0 heterocycles. The Morgan fingerprint density at radius 1 is 1.33 bits per heavy atom. The van der Waals surface area contributed by atoms with Crippen LogP contribution in [0.2, 0.25) is 0 Å². The molecule has 6 nitrogen and oxygen atoms in total. The van der Waals surface area contributed by atoms with Crippen molar-refractivity contribution in [1.82, 2.24) is 5.32 Å². The van der Waals surface area contributed by atoms with Crippen LogP contribution in [0.1, 0.15) is 15.9 Å². The summed E-state index contributed by atoms with van der Waals surface area (Å²) < 4.78 is 23.9. The molecule has 0 bridgehead atoms. The van der Waals surface area contributed by atoms with Gasteiger partial charge < -0.3 is 10.4 Å². The first kappa shape index (κ1) is 14.2. The van der Waals surface area contributed by atoms with Gasteiger partial charge in [0.25, 0.3) is 0 Å². The van der Waals surface area contributed by atoms with E-state index in [1.54, 1.807) is 0 Å². The lowest BCUT2D eigenvalue weighted by Crippen LogP contribution is -2.27. The van der Waals surface area contributed by atoms with Crippen molar-refractivity contribution < 1.29 is 23.1 Å². The number of carboxylic acids is 1. The van der Waals surface area contributed by atoms with E-state index >= 15 is 0 Å². The molecule has 0 unspecified atom stereocenters. The smallest absolute Gasteiger partial charge is 0.335 e. The van der Waals surface area contributed by atoms with E-state index in [0.29, 0.717) is 0 Å². The van der Waals surface area contributed by atoms with E-state index in [1.807, 2.05) is 0 Å². The molecule has 18 heavy (non-hydrogen) atoms. The number of nitrogens with one attached hydrogen (secondary N) is 1. The summed E-state index contributed by atoms with van der Waals surface area (Å²) in [7, 11) is -2.50. The maximum atomic E-state index is 11.9. The highest BCUT2D eigenvalue weighted by Crippen LogP contribution is 2.20. The van der Waals surface area contributed by atoms with E-state index in [1.165, 1.54) is 32.2 Å². The number of aromatic carboxylic acids is 1. The molecule has 0 saturated heterocycles. The predicted octanol–water partition coefficient (Wildman–Crippen LogP) is 0.213. The van der Waals surface area contributed by atoms with Gasteiger partial charge >= 0.3 is 5.97 Å². The van der Waals surface area contributed by atoms with Crippen LogP contribution in [0, 0.1) is 6.92 Å². The van der Waals surface area contributed by atoms with Crippen LogP contribution in [0.3, 0.4) is 0 Å². The van der Waals surface area contributed by atoms with Crippen molar-refractivity contribution in [3.63, 3.8) is 0 Å². The van der Waals surface area contributed by atoms with Crippen LogP contribution in [-0.2, 0) is 14.6 Å². The third kappa shape index (κ3) is 2.86. The average molecular weight is 271 g/mol. The number of amides is 1. The lowest BCUT2D eigenvalue weighted by Gasteiger charge is -2.09. The summed E-state index contributed by atoms with van der Waals surface area (Å²) in [6.45, 7) is 1.40. The number of carbonyl (C=O) groups excluding carboxylic acids is 1. The average Bonchev–Trinajstić information content (AvgIpc) is 2.27. The lowest BCUT2D eigenvalue weighted by atomic mass is 10.1. The van der Waals surface area contributed by atoms with Crippen molar-refractivity contribution in [3.8, 4) is 0 Å². The van der Waals surface area contributed by atoms with Crippen LogP contribution in [0.4, 0.5) is 0 Å². The van der Waals surface area contributed by atoms with Crippen LogP contribution < -0.4 is 5.32 Å². The molecule has 0 aliphatic heterocycles. The van der Waals surface area contributed by atoms with Gasteiger partial charge in [-0.25, -0.2) is 13.2 Å². The molecule has 0 radical (unpaired) electrons. The molecule has 0 aliphatic rings. The largest absolute Gasteiger partial charge is 0.478 e. The molecule has 1 aromatic rings. The normalized spacial score (nSPS) is 11.0. The fraction of sp³-hybridized carbons (Fsp3) is 0.273. The summed E-state index contributed by atoms with van der Waals surface area (Å²) in [4.78, 5) is 21.9. The highest BCUT2D eigenvalue weighted by Gasteiger charge is 2.23. The number of benzene rings is 1. The van der Waals surface area contributed by atoms with Crippen molar-refractivity contribution in [2.45, 2.75) is 11.8 Å². The van der Waals surface area contributed by atoms with Gasteiger partial charge in [-0.2, -0.15) is 0 Å². The second-order valence-corrected chi connectivity index (χ2v) is 5.62. The molecule has 98 valence electrons. The Kier molecular flexibility index (Phi) is 4.07. The van der Waals surface area contributed by atoms with Crippen molar-refractivity contribution in [1.29, 1.82) is 0 Å². The molecule has 2 N–H and O–H groups in total. The van der Waals surface area contributed by atoms with E-state index in [9.17, 15) is 18.0 Å². The molecule has 0 spiro atoms. The Bertz CT molecular complexity index is 591. The highest BCUT2D eigenvalue weighted by molar-refractivity contribution is 7.92.